The zero-order valence-electron chi connectivity index (χ0n) is 17.7. The summed E-state index contributed by atoms with van der Waals surface area (Å²) in [6.07, 6.45) is 1.08. The van der Waals surface area contributed by atoms with E-state index in [-0.39, 0.29) is 0 Å². The van der Waals surface area contributed by atoms with Crippen molar-refractivity contribution in [1.29, 1.82) is 0 Å². The van der Waals surface area contributed by atoms with Gasteiger partial charge < -0.3 is 0 Å². The first-order valence-corrected chi connectivity index (χ1v) is 10.6. The molecule has 0 amide bonds. The molecule has 0 aliphatic carbocycles. The van der Waals surface area contributed by atoms with E-state index in [9.17, 15) is 0 Å². The van der Waals surface area contributed by atoms with Crippen molar-refractivity contribution in [1.82, 2.24) is 9.97 Å². The maximum absolute atomic E-state index is 5.27. The molecule has 0 bridgehead atoms. The maximum atomic E-state index is 5.27. The van der Waals surface area contributed by atoms with Crippen molar-refractivity contribution in [3.8, 4) is 22.5 Å². The molecule has 1 aromatic heterocycles. The Morgan fingerprint density at radius 1 is 0.621 bits per heavy atom. The Balaban J connectivity index is 2.11. The van der Waals surface area contributed by atoms with Crippen LogP contribution in [0.1, 0.15) is 57.1 Å². The first kappa shape index (κ1) is 19.3. The zero-order valence-corrected chi connectivity index (χ0v) is 17.7. The summed E-state index contributed by atoms with van der Waals surface area (Å²) in [5.74, 6) is 0.836. The number of hydrogen-bond donors (Lipinski definition) is 0. The van der Waals surface area contributed by atoms with E-state index >= 15 is 0 Å². The van der Waals surface area contributed by atoms with E-state index < -0.39 is 0 Å². The smallest absolute Gasteiger partial charge is 0.0973 e. The summed E-state index contributed by atoms with van der Waals surface area (Å²) < 4.78 is 0. The van der Waals surface area contributed by atoms with Crippen LogP contribution in [0.5, 0.6) is 0 Å². The molecule has 0 N–H and O–H groups in total. The second-order valence-corrected chi connectivity index (χ2v) is 8.06. The van der Waals surface area contributed by atoms with E-state index in [0.717, 1.165) is 40.0 Å². The van der Waals surface area contributed by atoms with Crippen LogP contribution in [0.3, 0.4) is 0 Å². The monoisotopic (exact) mass is 380 g/mol. The molecule has 0 aliphatic rings. The molecule has 2 nitrogen and oxygen atoms in total. The van der Waals surface area contributed by atoms with Gasteiger partial charge in [-0.1, -0.05) is 100 Å². The Bertz CT molecular complexity index is 1120. The van der Waals surface area contributed by atoms with Gasteiger partial charge in [0.05, 0.1) is 22.4 Å². The molecule has 4 aromatic rings. The minimum Gasteiger partial charge on any atom is -0.244 e. The minimum atomic E-state index is 0.393. The van der Waals surface area contributed by atoms with Gasteiger partial charge in [0.15, 0.2) is 0 Å². The molecule has 29 heavy (non-hydrogen) atoms. The summed E-state index contributed by atoms with van der Waals surface area (Å²) in [5, 5.41) is 0. The van der Waals surface area contributed by atoms with Crippen LogP contribution in [0.2, 0.25) is 0 Å². The largest absolute Gasteiger partial charge is 0.244 e. The predicted molar refractivity (Wildman–Crippen MR) is 123 cm³/mol. The molecule has 1 atom stereocenters. The highest BCUT2D eigenvalue weighted by atomic mass is 14.8. The van der Waals surface area contributed by atoms with Gasteiger partial charge in [-0.2, -0.15) is 0 Å². The zero-order chi connectivity index (χ0) is 20.4. The summed E-state index contributed by atoms with van der Waals surface area (Å²) >= 11 is 0. The quantitative estimate of drug-likeness (QED) is 0.356. The number of nitrogens with zero attached hydrogens (tertiary/aromatic N) is 2. The van der Waals surface area contributed by atoms with Crippen LogP contribution in [-0.2, 0) is 0 Å². The van der Waals surface area contributed by atoms with Gasteiger partial charge >= 0.3 is 0 Å². The first-order chi connectivity index (χ1) is 14.1. The van der Waals surface area contributed by atoms with E-state index in [0.29, 0.717) is 11.8 Å². The number of fused-ring (bicyclic) bond motifs is 1. The van der Waals surface area contributed by atoms with Crippen molar-refractivity contribution in [3.63, 3.8) is 0 Å². The van der Waals surface area contributed by atoms with Gasteiger partial charge in [0, 0.05) is 11.1 Å². The fourth-order valence-corrected chi connectivity index (χ4v) is 3.85. The highest BCUT2D eigenvalue weighted by molar-refractivity contribution is 5.90. The van der Waals surface area contributed by atoms with Crippen molar-refractivity contribution in [2.75, 3.05) is 0 Å². The topological polar surface area (TPSA) is 25.8 Å². The van der Waals surface area contributed by atoms with Gasteiger partial charge in [0.1, 0.15) is 0 Å². The SMILES string of the molecule is CCC(C)c1ccc(C(C)C)c2nc(-c3ccccc3)c(-c3ccccc3)nc12. The van der Waals surface area contributed by atoms with Crippen molar-refractivity contribution in [2.24, 2.45) is 0 Å². The normalized spacial score (nSPS) is 12.4. The number of rotatable bonds is 5. The molecule has 0 fully saturated rings. The molecule has 146 valence electrons. The molecular weight excluding hydrogens is 352 g/mol. The van der Waals surface area contributed by atoms with Crippen LogP contribution in [0, 0.1) is 0 Å². The van der Waals surface area contributed by atoms with E-state index in [1.165, 1.54) is 11.1 Å². The highest BCUT2D eigenvalue weighted by Crippen LogP contribution is 2.36. The molecule has 2 heteroatoms. The van der Waals surface area contributed by atoms with Gasteiger partial charge in [0.25, 0.3) is 0 Å². The number of aromatic nitrogens is 2. The van der Waals surface area contributed by atoms with Crippen LogP contribution in [-0.4, -0.2) is 9.97 Å². The van der Waals surface area contributed by atoms with Crippen LogP contribution in [0.4, 0.5) is 0 Å². The van der Waals surface area contributed by atoms with Gasteiger partial charge in [0.2, 0.25) is 0 Å². The van der Waals surface area contributed by atoms with Gasteiger partial charge in [-0.05, 0) is 29.4 Å². The van der Waals surface area contributed by atoms with Crippen molar-refractivity contribution in [2.45, 2.75) is 46.0 Å². The summed E-state index contributed by atoms with van der Waals surface area (Å²) in [5.41, 5.74) is 8.74. The lowest BCUT2D eigenvalue weighted by Gasteiger charge is -2.19. The second kappa shape index (κ2) is 8.16. The van der Waals surface area contributed by atoms with Crippen molar-refractivity contribution in [3.05, 3.63) is 83.9 Å². The maximum Gasteiger partial charge on any atom is 0.0973 e. The minimum absolute atomic E-state index is 0.393. The van der Waals surface area contributed by atoms with Gasteiger partial charge in [-0.15, -0.1) is 0 Å². The molecule has 1 heterocycles. The molecule has 1 unspecified atom stereocenters. The molecule has 0 radical (unpaired) electrons. The second-order valence-electron chi connectivity index (χ2n) is 8.06. The summed E-state index contributed by atoms with van der Waals surface area (Å²) in [6, 6.07) is 25.3. The van der Waals surface area contributed by atoms with Gasteiger partial charge in [-0.25, -0.2) is 9.97 Å². The Morgan fingerprint density at radius 3 is 1.52 bits per heavy atom. The molecule has 0 aliphatic heterocycles. The fraction of sp³-hybridized carbons (Fsp3) is 0.259. The predicted octanol–water partition coefficient (Wildman–Crippen LogP) is 7.60. The van der Waals surface area contributed by atoms with Gasteiger partial charge in [-0.3, -0.25) is 0 Å². The Morgan fingerprint density at radius 2 is 1.07 bits per heavy atom. The summed E-state index contributed by atoms with van der Waals surface area (Å²) in [4.78, 5) is 10.5. The number of hydrogen-bond acceptors (Lipinski definition) is 2. The van der Waals surface area contributed by atoms with Crippen LogP contribution in [0.15, 0.2) is 72.8 Å². The van der Waals surface area contributed by atoms with E-state index in [1.807, 2.05) is 12.1 Å². The van der Waals surface area contributed by atoms with Crippen LogP contribution in [0.25, 0.3) is 33.5 Å². The molecule has 4 rings (SSSR count). The lowest BCUT2D eigenvalue weighted by molar-refractivity contribution is 0.736. The van der Waals surface area contributed by atoms with Crippen LogP contribution >= 0.6 is 0 Å². The Hall–Kier alpha value is -3.00. The Kier molecular flexibility index (Phi) is 5.44. The fourth-order valence-electron chi connectivity index (χ4n) is 3.85. The summed E-state index contributed by atoms with van der Waals surface area (Å²) in [7, 11) is 0. The van der Waals surface area contributed by atoms with Crippen molar-refractivity contribution < 1.29 is 0 Å². The molecular formula is C27H28N2. The lowest BCUT2D eigenvalue weighted by Crippen LogP contribution is -2.04. The first-order valence-electron chi connectivity index (χ1n) is 10.6. The summed E-state index contributed by atoms with van der Waals surface area (Å²) in [6.45, 7) is 8.97. The average molecular weight is 381 g/mol. The molecule has 0 spiro atoms. The van der Waals surface area contributed by atoms with E-state index in [1.54, 1.807) is 0 Å². The third-order valence-corrected chi connectivity index (χ3v) is 5.74. The average Bonchev–Trinajstić information content (AvgIpc) is 2.78. The molecule has 0 saturated carbocycles. The third-order valence-electron chi connectivity index (χ3n) is 5.74. The van der Waals surface area contributed by atoms with E-state index in [2.05, 4.69) is 88.4 Å². The highest BCUT2D eigenvalue weighted by Gasteiger charge is 2.19. The molecule has 0 saturated heterocycles. The molecule has 3 aromatic carbocycles. The van der Waals surface area contributed by atoms with Crippen molar-refractivity contribution >= 4 is 11.0 Å². The lowest BCUT2D eigenvalue weighted by atomic mass is 9.91. The standard InChI is InChI=1S/C27H28N2/c1-5-19(4)23-17-16-22(18(2)3)26-27(23)29-25(21-14-10-7-11-15-21)24(28-26)20-12-8-6-9-13-20/h6-19H,5H2,1-4H3. The number of benzene rings is 3. The van der Waals surface area contributed by atoms with Crippen LogP contribution < -0.4 is 0 Å². The van der Waals surface area contributed by atoms with E-state index in [4.69, 9.17) is 9.97 Å². The third kappa shape index (κ3) is 3.67. The Labute approximate surface area is 173 Å².